The summed E-state index contributed by atoms with van der Waals surface area (Å²) in [5.74, 6) is 12.0. The lowest BCUT2D eigenvalue weighted by Gasteiger charge is -2.38. The van der Waals surface area contributed by atoms with Gasteiger partial charge in [-0.3, -0.25) is 0 Å². The van der Waals surface area contributed by atoms with Gasteiger partial charge in [-0.2, -0.15) is 0 Å². The van der Waals surface area contributed by atoms with Gasteiger partial charge < -0.3 is 10.2 Å². The minimum atomic E-state index is -1.15. The Morgan fingerprint density at radius 1 is 0.304 bits per heavy atom. The molecule has 0 saturated heterocycles. The molecule has 0 aromatic heterocycles. The highest BCUT2D eigenvalue weighted by Gasteiger charge is 2.44. The minimum absolute atomic E-state index is 0.915. The van der Waals surface area contributed by atoms with Crippen LogP contribution in [0.5, 0.6) is 0 Å². The van der Waals surface area contributed by atoms with E-state index in [1.165, 1.54) is 0 Å². The molecule has 2 N–H and O–H groups in total. The summed E-state index contributed by atoms with van der Waals surface area (Å²) in [7, 11) is 0. The van der Waals surface area contributed by atoms with Gasteiger partial charge >= 0.3 is 0 Å². The number of hydrogen-bond donors (Lipinski definition) is 2. The van der Waals surface area contributed by atoms with Gasteiger partial charge in [-0.15, -0.1) is 0 Å². The van der Waals surface area contributed by atoms with E-state index in [0.717, 1.165) is 33.4 Å². The van der Waals surface area contributed by atoms with Crippen LogP contribution in [0.25, 0.3) is 0 Å². The van der Waals surface area contributed by atoms with Crippen LogP contribution in [-0.2, 0) is 10.8 Å². The van der Waals surface area contributed by atoms with Crippen molar-refractivity contribution >= 4 is 0 Å². The highest BCUT2D eigenvalue weighted by molar-refractivity contribution is 5.56. The zero-order chi connectivity index (χ0) is 31.7. The van der Waals surface area contributed by atoms with E-state index in [9.17, 15) is 10.2 Å². The minimum Gasteiger partial charge on any atom is -0.379 e. The second-order valence-corrected chi connectivity index (χ2v) is 11.2. The van der Waals surface area contributed by atoms with Gasteiger partial charge in [0.15, 0.2) is 0 Å². The molecule has 6 rings (SSSR count). The van der Waals surface area contributed by atoms with Crippen molar-refractivity contribution in [3.8, 4) is 23.7 Å². The van der Waals surface area contributed by atoms with Crippen LogP contribution in [0.2, 0.25) is 0 Å². The fraction of sp³-hybridized carbons (Fsp3) is 0.0909. The molecule has 2 atom stereocenters. The normalized spacial score (nSPS) is 12.5. The third-order valence-corrected chi connectivity index (χ3v) is 8.68. The Hall–Kier alpha value is -5.64. The number of benzene rings is 6. The molecule has 46 heavy (non-hydrogen) atoms. The molecular formula is C44H34O2. The van der Waals surface area contributed by atoms with Crippen LogP contribution in [-0.4, -0.2) is 22.4 Å². The summed E-state index contributed by atoms with van der Waals surface area (Å²) < 4.78 is 0. The zero-order valence-electron chi connectivity index (χ0n) is 25.4. The van der Waals surface area contributed by atoms with Gasteiger partial charge in [-0.05, 0) is 45.2 Å². The first kappa shape index (κ1) is 30.4. The maximum absolute atomic E-state index is 12.1. The zero-order valence-corrected chi connectivity index (χ0v) is 25.4. The Bertz CT molecular complexity index is 1610. The van der Waals surface area contributed by atoms with Crippen molar-refractivity contribution in [3.63, 3.8) is 0 Å². The molecule has 0 spiro atoms. The summed E-state index contributed by atoms with van der Waals surface area (Å²) >= 11 is 0. The average molecular weight is 595 g/mol. The van der Waals surface area contributed by atoms with Gasteiger partial charge in [0.25, 0.3) is 0 Å². The smallest absolute Gasteiger partial charge is 0.133 e. The topological polar surface area (TPSA) is 40.5 Å². The fourth-order valence-corrected chi connectivity index (χ4v) is 6.58. The third-order valence-electron chi connectivity index (χ3n) is 8.68. The Labute approximate surface area is 271 Å². The van der Waals surface area contributed by atoms with Crippen molar-refractivity contribution in [1.82, 2.24) is 0 Å². The molecule has 0 aliphatic heterocycles. The van der Waals surface area contributed by atoms with Crippen molar-refractivity contribution in [2.45, 2.75) is 23.0 Å². The van der Waals surface area contributed by atoms with Crippen LogP contribution >= 0.6 is 0 Å². The van der Waals surface area contributed by atoms with Gasteiger partial charge in [-0.1, -0.05) is 194 Å². The summed E-state index contributed by atoms with van der Waals surface area (Å²) in [6.45, 7) is 0. The highest BCUT2D eigenvalue weighted by Crippen LogP contribution is 2.43. The van der Waals surface area contributed by atoms with Crippen LogP contribution in [0, 0.1) is 23.7 Å². The van der Waals surface area contributed by atoms with Crippen molar-refractivity contribution < 1.29 is 10.2 Å². The Balaban J connectivity index is 1.48. The van der Waals surface area contributed by atoms with E-state index in [0.29, 0.717) is 0 Å². The predicted molar refractivity (Wildman–Crippen MR) is 186 cm³/mol. The second kappa shape index (κ2) is 14.0. The molecule has 0 heterocycles. The predicted octanol–water partition coefficient (Wildman–Crippen LogP) is 7.78. The highest BCUT2D eigenvalue weighted by atomic mass is 16.3. The van der Waals surface area contributed by atoms with E-state index >= 15 is 0 Å². The largest absolute Gasteiger partial charge is 0.379 e. The SMILES string of the molecule is OC(C#CC#CC(O)C(c1ccccc1)(c1ccccc1)c1ccccc1)C(c1ccccc1)(c1ccccc1)c1ccccc1. The van der Waals surface area contributed by atoms with Crippen molar-refractivity contribution in [1.29, 1.82) is 0 Å². The van der Waals surface area contributed by atoms with Crippen molar-refractivity contribution in [2.24, 2.45) is 0 Å². The number of aliphatic hydroxyl groups is 2. The molecule has 0 fully saturated rings. The van der Waals surface area contributed by atoms with E-state index in [1.54, 1.807) is 0 Å². The summed E-state index contributed by atoms with van der Waals surface area (Å²) in [6.07, 6.45) is -2.29. The van der Waals surface area contributed by atoms with Crippen LogP contribution in [0.4, 0.5) is 0 Å². The lowest BCUT2D eigenvalue weighted by atomic mass is 9.65. The number of rotatable bonds is 8. The quantitative estimate of drug-likeness (QED) is 0.140. The Morgan fingerprint density at radius 3 is 0.652 bits per heavy atom. The fourth-order valence-electron chi connectivity index (χ4n) is 6.58. The molecule has 0 radical (unpaired) electrons. The van der Waals surface area contributed by atoms with Gasteiger partial charge in [0.1, 0.15) is 12.2 Å². The van der Waals surface area contributed by atoms with Gasteiger partial charge in [-0.25, -0.2) is 0 Å². The first-order chi connectivity index (χ1) is 22.7. The van der Waals surface area contributed by atoms with E-state index in [-0.39, 0.29) is 0 Å². The molecule has 0 aliphatic rings. The maximum Gasteiger partial charge on any atom is 0.133 e. The molecule has 0 aliphatic carbocycles. The van der Waals surface area contributed by atoms with Gasteiger partial charge in [0.2, 0.25) is 0 Å². The maximum atomic E-state index is 12.1. The Kier molecular flexibility index (Phi) is 9.24. The van der Waals surface area contributed by atoms with E-state index < -0.39 is 23.0 Å². The second-order valence-electron chi connectivity index (χ2n) is 11.2. The molecule has 2 nitrogen and oxygen atoms in total. The molecule has 6 aromatic rings. The van der Waals surface area contributed by atoms with Gasteiger partial charge in [0.05, 0.1) is 10.8 Å². The van der Waals surface area contributed by atoms with Crippen molar-refractivity contribution in [3.05, 3.63) is 215 Å². The lowest BCUT2D eigenvalue weighted by Crippen LogP contribution is -2.41. The van der Waals surface area contributed by atoms with Crippen LogP contribution in [0.1, 0.15) is 33.4 Å². The first-order valence-corrected chi connectivity index (χ1v) is 15.4. The third kappa shape index (κ3) is 5.65. The van der Waals surface area contributed by atoms with E-state index in [1.807, 2.05) is 182 Å². The number of hydrogen-bond acceptors (Lipinski definition) is 2. The van der Waals surface area contributed by atoms with Crippen LogP contribution < -0.4 is 0 Å². The monoisotopic (exact) mass is 594 g/mol. The summed E-state index contributed by atoms with van der Waals surface area (Å²) in [5.41, 5.74) is 3.54. The van der Waals surface area contributed by atoms with Crippen molar-refractivity contribution in [2.75, 3.05) is 0 Å². The molecule has 2 heteroatoms. The molecular weight excluding hydrogens is 560 g/mol. The standard InChI is InChI=1S/C44H34O2/c45-41(43(35-21-7-1-8-22-35,36-23-9-2-10-24-36)37-25-11-3-12-26-37)33-19-20-34-42(46)44(38-27-13-4-14-28-38,39-29-15-5-16-30-39)40-31-17-6-18-32-40/h1-18,21-32,41-42,45-46H. The number of aliphatic hydroxyl groups excluding tert-OH is 2. The summed E-state index contributed by atoms with van der Waals surface area (Å²) in [6, 6.07) is 59.8. The molecule has 2 unspecified atom stereocenters. The molecule has 6 aromatic carbocycles. The van der Waals surface area contributed by atoms with Gasteiger partial charge in [0, 0.05) is 0 Å². The molecule has 222 valence electrons. The molecule has 0 saturated carbocycles. The molecule has 0 amide bonds. The molecule has 0 bridgehead atoms. The summed E-state index contributed by atoms with van der Waals surface area (Å²) in [4.78, 5) is 0. The lowest BCUT2D eigenvalue weighted by molar-refractivity contribution is 0.176. The van der Waals surface area contributed by atoms with E-state index in [4.69, 9.17) is 0 Å². The van der Waals surface area contributed by atoms with E-state index in [2.05, 4.69) is 23.7 Å². The first-order valence-electron chi connectivity index (χ1n) is 15.4. The Morgan fingerprint density at radius 2 is 0.478 bits per heavy atom. The van der Waals surface area contributed by atoms with Crippen LogP contribution in [0.15, 0.2) is 182 Å². The van der Waals surface area contributed by atoms with Crippen LogP contribution in [0.3, 0.4) is 0 Å². The summed E-state index contributed by atoms with van der Waals surface area (Å²) in [5, 5.41) is 24.2. The average Bonchev–Trinajstić information content (AvgIpc) is 3.14.